The summed E-state index contributed by atoms with van der Waals surface area (Å²) in [6.07, 6.45) is 3.89. The Morgan fingerprint density at radius 3 is 2.33 bits per heavy atom. The lowest BCUT2D eigenvalue weighted by Crippen LogP contribution is -2.41. The maximum absolute atomic E-state index is 11.5. The SMILES string of the molecule is CC=C(O)CC(CC)(OCCCCC)S(=O)(=O)O. The van der Waals surface area contributed by atoms with Crippen molar-refractivity contribution in [3.63, 3.8) is 0 Å². The Hall–Kier alpha value is -0.590. The van der Waals surface area contributed by atoms with Crippen molar-refractivity contribution in [1.29, 1.82) is 0 Å². The van der Waals surface area contributed by atoms with Crippen molar-refractivity contribution in [2.45, 2.75) is 57.8 Å². The van der Waals surface area contributed by atoms with Gasteiger partial charge >= 0.3 is 0 Å². The summed E-state index contributed by atoms with van der Waals surface area (Å²) in [5.74, 6) is -0.107. The van der Waals surface area contributed by atoms with Crippen LogP contribution in [0.15, 0.2) is 11.8 Å². The average Bonchev–Trinajstić information content (AvgIpc) is 2.31. The molecule has 108 valence electrons. The number of unbranched alkanes of at least 4 members (excludes halogenated alkanes) is 2. The van der Waals surface area contributed by atoms with Crippen LogP contribution in [0.3, 0.4) is 0 Å². The summed E-state index contributed by atoms with van der Waals surface area (Å²) >= 11 is 0. The molecule has 6 heteroatoms. The van der Waals surface area contributed by atoms with Gasteiger partial charge in [-0.3, -0.25) is 4.55 Å². The molecule has 0 aliphatic rings. The number of aliphatic hydroxyl groups is 1. The number of aliphatic hydroxyl groups excluding tert-OH is 1. The first kappa shape index (κ1) is 17.4. The highest BCUT2D eigenvalue weighted by molar-refractivity contribution is 7.87. The number of allylic oxidation sites excluding steroid dienone is 1. The van der Waals surface area contributed by atoms with Crippen molar-refractivity contribution < 1.29 is 22.8 Å². The molecule has 18 heavy (non-hydrogen) atoms. The zero-order chi connectivity index (χ0) is 14.2. The molecule has 0 fully saturated rings. The van der Waals surface area contributed by atoms with Crippen LogP contribution in [0.1, 0.15) is 52.9 Å². The lowest BCUT2D eigenvalue weighted by molar-refractivity contribution is 0.000955. The molecule has 0 heterocycles. The van der Waals surface area contributed by atoms with Crippen LogP contribution in [0.25, 0.3) is 0 Å². The minimum absolute atomic E-state index is 0.0792. The van der Waals surface area contributed by atoms with Gasteiger partial charge in [0, 0.05) is 6.61 Å². The van der Waals surface area contributed by atoms with E-state index in [4.69, 9.17) is 4.74 Å². The molecule has 0 aromatic carbocycles. The Morgan fingerprint density at radius 1 is 1.33 bits per heavy atom. The molecule has 0 spiro atoms. The van der Waals surface area contributed by atoms with Gasteiger partial charge in [-0.25, -0.2) is 0 Å². The topological polar surface area (TPSA) is 83.8 Å². The molecular weight excluding hydrogens is 256 g/mol. The lowest BCUT2D eigenvalue weighted by Gasteiger charge is -2.29. The smallest absolute Gasteiger partial charge is 0.295 e. The molecule has 0 rings (SSSR count). The van der Waals surface area contributed by atoms with Gasteiger partial charge < -0.3 is 9.84 Å². The zero-order valence-corrected chi connectivity index (χ0v) is 12.2. The summed E-state index contributed by atoms with van der Waals surface area (Å²) in [5, 5.41) is 9.50. The summed E-state index contributed by atoms with van der Waals surface area (Å²) in [4.78, 5) is -1.74. The zero-order valence-electron chi connectivity index (χ0n) is 11.3. The Morgan fingerprint density at radius 2 is 1.94 bits per heavy atom. The monoisotopic (exact) mass is 280 g/mol. The summed E-state index contributed by atoms with van der Waals surface area (Å²) in [6, 6.07) is 0. The first-order valence-corrected chi connectivity index (χ1v) is 7.72. The number of hydrogen-bond donors (Lipinski definition) is 2. The van der Waals surface area contributed by atoms with Crippen LogP contribution in [-0.4, -0.2) is 29.6 Å². The van der Waals surface area contributed by atoms with E-state index in [0.29, 0.717) is 0 Å². The lowest BCUT2D eigenvalue weighted by atomic mass is 10.1. The summed E-state index contributed by atoms with van der Waals surface area (Å²) < 4.78 is 37.7. The van der Waals surface area contributed by atoms with Crippen LogP contribution in [0.2, 0.25) is 0 Å². The Balaban J connectivity index is 4.90. The largest absolute Gasteiger partial charge is 0.513 e. The molecule has 0 bridgehead atoms. The van der Waals surface area contributed by atoms with E-state index in [-0.39, 0.29) is 25.2 Å². The van der Waals surface area contributed by atoms with E-state index in [1.165, 1.54) is 6.08 Å². The third-order valence-electron chi connectivity index (χ3n) is 2.91. The molecule has 0 aliphatic carbocycles. The van der Waals surface area contributed by atoms with Crippen LogP contribution in [0.4, 0.5) is 0 Å². The van der Waals surface area contributed by atoms with E-state index in [0.717, 1.165) is 19.3 Å². The molecule has 0 aliphatic heterocycles. The Labute approximate surface area is 110 Å². The van der Waals surface area contributed by atoms with Crippen LogP contribution < -0.4 is 0 Å². The maximum Gasteiger partial charge on any atom is 0.295 e. The molecule has 1 atom stereocenters. The van der Waals surface area contributed by atoms with Gasteiger partial charge in [-0.2, -0.15) is 8.42 Å². The third kappa shape index (κ3) is 4.96. The minimum atomic E-state index is -4.39. The van der Waals surface area contributed by atoms with Crippen LogP contribution in [0, 0.1) is 0 Å². The van der Waals surface area contributed by atoms with Crippen molar-refractivity contribution in [3.05, 3.63) is 11.8 Å². The van der Waals surface area contributed by atoms with Crippen molar-refractivity contribution in [2.75, 3.05) is 6.61 Å². The summed E-state index contributed by atoms with van der Waals surface area (Å²) in [7, 11) is -4.39. The fourth-order valence-corrected chi connectivity index (χ4v) is 2.54. The van der Waals surface area contributed by atoms with Crippen LogP contribution in [-0.2, 0) is 14.9 Å². The highest BCUT2D eigenvalue weighted by Gasteiger charge is 2.43. The molecule has 2 N–H and O–H groups in total. The summed E-state index contributed by atoms with van der Waals surface area (Å²) in [6.45, 7) is 5.48. The van der Waals surface area contributed by atoms with E-state index < -0.39 is 15.1 Å². The van der Waals surface area contributed by atoms with Crippen LogP contribution in [0.5, 0.6) is 0 Å². The summed E-state index contributed by atoms with van der Waals surface area (Å²) in [5.41, 5.74) is 0. The van der Waals surface area contributed by atoms with Gasteiger partial charge in [-0.1, -0.05) is 26.7 Å². The standard InChI is InChI=1S/C12H24O5S/c1-4-7-8-9-17-12(6-3,18(14,15)16)10-11(13)5-2/h5,13H,4,6-10H2,1-3H3,(H,14,15,16). The molecule has 0 aromatic rings. The molecule has 0 saturated carbocycles. The molecule has 0 amide bonds. The van der Waals surface area contributed by atoms with Crippen LogP contribution >= 0.6 is 0 Å². The minimum Gasteiger partial charge on any atom is -0.513 e. The van der Waals surface area contributed by atoms with Crippen molar-refractivity contribution in [2.24, 2.45) is 0 Å². The average molecular weight is 280 g/mol. The normalized spacial score (nSPS) is 16.6. The van der Waals surface area contributed by atoms with Gasteiger partial charge in [0.25, 0.3) is 10.1 Å². The fourth-order valence-electron chi connectivity index (χ4n) is 1.61. The van der Waals surface area contributed by atoms with E-state index in [2.05, 4.69) is 0 Å². The highest BCUT2D eigenvalue weighted by Crippen LogP contribution is 2.30. The quantitative estimate of drug-likeness (QED) is 0.385. The maximum atomic E-state index is 11.5. The van der Waals surface area contributed by atoms with Gasteiger partial charge in [0.05, 0.1) is 12.2 Å². The van der Waals surface area contributed by atoms with E-state index in [1.54, 1.807) is 13.8 Å². The molecular formula is C12H24O5S. The second-order valence-corrected chi connectivity index (χ2v) is 5.95. The number of hydrogen-bond acceptors (Lipinski definition) is 4. The van der Waals surface area contributed by atoms with Gasteiger partial charge in [0.15, 0.2) is 4.93 Å². The van der Waals surface area contributed by atoms with Crippen molar-refractivity contribution >= 4 is 10.1 Å². The predicted molar refractivity (Wildman–Crippen MR) is 71.1 cm³/mol. The predicted octanol–water partition coefficient (Wildman–Crippen LogP) is 3.04. The number of rotatable bonds is 9. The second-order valence-electron chi connectivity index (χ2n) is 4.25. The van der Waals surface area contributed by atoms with Crippen molar-refractivity contribution in [1.82, 2.24) is 0 Å². The van der Waals surface area contributed by atoms with Gasteiger partial charge in [0.1, 0.15) is 0 Å². The van der Waals surface area contributed by atoms with Crippen molar-refractivity contribution in [3.8, 4) is 0 Å². The highest BCUT2D eigenvalue weighted by atomic mass is 32.2. The Kier molecular flexibility index (Phi) is 7.51. The van der Waals surface area contributed by atoms with Gasteiger partial charge in [-0.15, -0.1) is 0 Å². The molecule has 0 saturated heterocycles. The Bertz CT molecular complexity index is 361. The molecule has 5 nitrogen and oxygen atoms in total. The van der Waals surface area contributed by atoms with E-state index in [9.17, 15) is 18.1 Å². The second kappa shape index (κ2) is 7.76. The first-order chi connectivity index (χ1) is 8.33. The molecule has 0 aromatic heterocycles. The number of ether oxygens (including phenoxy) is 1. The molecule has 1 unspecified atom stereocenters. The van der Waals surface area contributed by atoms with Gasteiger partial charge in [0.2, 0.25) is 0 Å². The third-order valence-corrected chi connectivity index (χ3v) is 4.40. The first-order valence-electron chi connectivity index (χ1n) is 6.28. The van der Waals surface area contributed by atoms with Gasteiger partial charge in [-0.05, 0) is 25.8 Å². The molecule has 0 radical (unpaired) electrons. The van der Waals surface area contributed by atoms with E-state index >= 15 is 0 Å². The van der Waals surface area contributed by atoms with E-state index in [1.807, 2.05) is 6.92 Å². The fraction of sp³-hybridized carbons (Fsp3) is 0.833.